The van der Waals surface area contributed by atoms with Gasteiger partial charge in [-0.05, 0) is 37.5 Å². The van der Waals surface area contributed by atoms with Gasteiger partial charge in [-0.25, -0.2) is 0 Å². The Hall–Kier alpha value is -0.630. The molecule has 0 radical (unpaired) electrons. The quantitative estimate of drug-likeness (QED) is 0.736. The van der Waals surface area contributed by atoms with Crippen LogP contribution in [0.25, 0.3) is 5.57 Å². The third kappa shape index (κ3) is 3.31. The monoisotopic (exact) mass is 239 g/mol. The Morgan fingerprint density at radius 3 is 2.85 bits per heavy atom. The van der Waals surface area contributed by atoms with Gasteiger partial charge in [0.1, 0.15) is 0 Å². The first-order chi connectivity index (χ1) is 6.24. The van der Waals surface area contributed by atoms with Crippen molar-refractivity contribution in [1.82, 2.24) is 4.98 Å². The molecule has 0 aliphatic heterocycles. The van der Waals surface area contributed by atoms with Crippen molar-refractivity contribution >= 4 is 21.5 Å². The standard InChI is InChI=1S/C11H14BrN/c1-9(4-3-7-12)11-6-5-10(2)13-8-11/h4-6,8H,3,7H2,1-2H3. The number of aryl methyl sites for hydroxylation is 1. The molecule has 0 aliphatic rings. The van der Waals surface area contributed by atoms with Crippen LogP contribution in [0, 0.1) is 6.92 Å². The third-order valence-electron chi connectivity index (χ3n) is 1.93. The lowest BCUT2D eigenvalue weighted by Crippen LogP contribution is -1.84. The molecule has 1 nitrogen and oxygen atoms in total. The number of allylic oxidation sites excluding steroid dienone is 2. The zero-order valence-electron chi connectivity index (χ0n) is 8.05. The van der Waals surface area contributed by atoms with Crippen LogP contribution in [0.4, 0.5) is 0 Å². The second-order valence-electron chi connectivity index (χ2n) is 3.05. The Morgan fingerprint density at radius 2 is 2.31 bits per heavy atom. The molecule has 1 aromatic heterocycles. The second kappa shape index (κ2) is 5.18. The third-order valence-corrected chi connectivity index (χ3v) is 2.38. The Bertz CT molecular complexity index is 287. The fourth-order valence-corrected chi connectivity index (χ4v) is 1.32. The number of alkyl halides is 1. The highest BCUT2D eigenvalue weighted by Crippen LogP contribution is 2.13. The molecule has 0 spiro atoms. The van der Waals surface area contributed by atoms with E-state index in [4.69, 9.17) is 0 Å². The minimum atomic E-state index is 1.02. The highest BCUT2D eigenvalue weighted by molar-refractivity contribution is 9.09. The summed E-state index contributed by atoms with van der Waals surface area (Å²) in [5.41, 5.74) is 3.58. The molecule has 0 aromatic carbocycles. The van der Waals surface area contributed by atoms with E-state index in [2.05, 4.69) is 40.0 Å². The summed E-state index contributed by atoms with van der Waals surface area (Å²) in [5, 5.41) is 1.02. The molecule has 0 saturated heterocycles. The highest BCUT2D eigenvalue weighted by Gasteiger charge is 1.94. The van der Waals surface area contributed by atoms with E-state index in [1.807, 2.05) is 19.2 Å². The van der Waals surface area contributed by atoms with Gasteiger partial charge in [-0.15, -0.1) is 0 Å². The van der Waals surface area contributed by atoms with Crippen molar-refractivity contribution in [1.29, 1.82) is 0 Å². The number of hydrogen-bond acceptors (Lipinski definition) is 1. The average Bonchev–Trinajstić information content (AvgIpc) is 2.15. The predicted octanol–water partition coefficient (Wildman–Crippen LogP) is 3.58. The van der Waals surface area contributed by atoms with Gasteiger partial charge in [0.25, 0.3) is 0 Å². The van der Waals surface area contributed by atoms with Gasteiger partial charge in [0.05, 0.1) is 0 Å². The Labute approximate surface area is 88.0 Å². The fraction of sp³-hybridized carbons (Fsp3) is 0.364. The van der Waals surface area contributed by atoms with Crippen LogP contribution in [0.5, 0.6) is 0 Å². The summed E-state index contributed by atoms with van der Waals surface area (Å²) in [6.45, 7) is 4.12. The van der Waals surface area contributed by atoms with Crippen molar-refractivity contribution < 1.29 is 0 Å². The second-order valence-corrected chi connectivity index (χ2v) is 3.85. The van der Waals surface area contributed by atoms with Gasteiger partial charge in [0.2, 0.25) is 0 Å². The number of hydrogen-bond donors (Lipinski definition) is 0. The summed E-state index contributed by atoms with van der Waals surface area (Å²) in [7, 11) is 0. The van der Waals surface area contributed by atoms with E-state index in [0.29, 0.717) is 0 Å². The normalized spacial score (nSPS) is 11.8. The molecule has 0 N–H and O–H groups in total. The van der Waals surface area contributed by atoms with Crippen molar-refractivity contribution in [2.45, 2.75) is 20.3 Å². The summed E-state index contributed by atoms with van der Waals surface area (Å²) in [5.74, 6) is 0. The zero-order valence-corrected chi connectivity index (χ0v) is 9.63. The minimum absolute atomic E-state index is 1.02. The van der Waals surface area contributed by atoms with Crippen molar-refractivity contribution in [3.8, 4) is 0 Å². The maximum Gasteiger partial charge on any atom is 0.0373 e. The van der Waals surface area contributed by atoms with Crippen LogP contribution < -0.4 is 0 Å². The van der Waals surface area contributed by atoms with E-state index in [9.17, 15) is 0 Å². The average molecular weight is 240 g/mol. The molecule has 0 aliphatic carbocycles. The molecule has 0 atom stereocenters. The fourth-order valence-electron chi connectivity index (χ4n) is 1.09. The number of aromatic nitrogens is 1. The van der Waals surface area contributed by atoms with Gasteiger partial charge in [-0.2, -0.15) is 0 Å². The number of rotatable bonds is 3. The zero-order chi connectivity index (χ0) is 9.68. The van der Waals surface area contributed by atoms with Crippen LogP contribution in [-0.2, 0) is 0 Å². The molecule has 0 unspecified atom stereocenters. The molecule has 1 rings (SSSR count). The number of halogens is 1. The molecule has 1 aromatic rings. The topological polar surface area (TPSA) is 12.9 Å². The van der Waals surface area contributed by atoms with E-state index in [1.54, 1.807) is 0 Å². The van der Waals surface area contributed by atoms with Gasteiger partial charge < -0.3 is 0 Å². The minimum Gasteiger partial charge on any atom is -0.261 e. The lowest BCUT2D eigenvalue weighted by atomic mass is 10.1. The molecule has 0 saturated carbocycles. The summed E-state index contributed by atoms with van der Waals surface area (Å²) in [6, 6.07) is 4.16. The first-order valence-corrected chi connectivity index (χ1v) is 5.52. The van der Waals surface area contributed by atoms with E-state index in [1.165, 1.54) is 11.1 Å². The molecule has 2 heteroatoms. The van der Waals surface area contributed by atoms with Crippen LogP contribution in [0.15, 0.2) is 24.4 Å². The highest BCUT2D eigenvalue weighted by atomic mass is 79.9. The van der Waals surface area contributed by atoms with Crippen molar-refractivity contribution in [2.75, 3.05) is 5.33 Å². The van der Waals surface area contributed by atoms with Gasteiger partial charge >= 0.3 is 0 Å². The maximum atomic E-state index is 4.26. The largest absolute Gasteiger partial charge is 0.261 e. The van der Waals surface area contributed by atoms with E-state index in [-0.39, 0.29) is 0 Å². The summed E-state index contributed by atoms with van der Waals surface area (Å²) >= 11 is 3.40. The SMILES string of the molecule is CC(=CCCBr)c1ccc(C)nc1. The van der Waals surface area contributed by atoms with Crippen LogP contribution in [0.3, 0.4) is 0 Å². The van der Waals surface area contributed by atoms with Gasteiger partial charge in [-0.3, -0.25) is 4.98 Å². The molecule has 0 fully saturated rings. The van der Waals surface area contributed by atoms with Gasteiger partial charge in [0.15, 0.2) is 0 Å². The number of pyridine rings is 1. The lowest BCUT2D eigenvalue weighted by Gasteiger charge is -2.00. The maximum absolute atomic E-state index is 4.26. The van der Waals surface area contributed by atoms with E-state index >= 15 is 0 Å². The summed E-state index contributed by atoms with van der Waals surface area (Å²) in [4.78, 5) is 4.26. The van der Waals surface area contributed by atoms with Crippen molar-refractivity contribution in [2.24, 2.45) is 0 Å². The molecule has 1 heterocycles. The summed E-state index contributed by atoms with van der Waals surface area (Å²) in [6.07, 6.45) is 5.22. The van der Waals surface area contributed by atoms with Gasteiger partial charge in [0, 0.05) is 17.2 Å². The summed E-state index contributed by atoms with van der Waals surface area (Å²) < 4.78 is 0. The van der Waals surface area contributed by atoms with Gasteiger partial charge in [-0.1, -0.05) is 28.1 Å². The molecule has 13 heavy (non-hydrogen) atoms. The molecule has 0 amide bonds. The van der Waals surface area contributed by atoms with Crippen LogP contribution >= 0.6 is 15.9 Å². The molecule has 70 valence electrons. The van der Waals surface area contributed by atoms with Crippen LogP contribution in [0.1, 0.15) is 24.6 Å². The Balaban J connectivity index is 2.77. The van der Waals surface area contributed by atoms with E-state index < -0.39 is 0 Å². The van der Waals surface area contributed by atoms with Crippen LogP contribution in [-0.4, -0.2) is 10.3 Å². The van der Waals surface area contributed by atoms with Crippen LogP contribution in [0.2, 0.25) is 0 Å². The molecule has 0 bridgehead atoms. The smallest absolute Gasteiger partial charge is 0.0373 e. The molecular weight excluding hydrogens is 226 g/mol. The van der Waals surface area contributed by atoms with Crippen molar-refractivity contribution in [3.05, 3.63) is 35.7 Å². The lowest BCUT2D eigenvalue weighted by molar-refractivity contribution is 1.18. The Morgan fingerprint density at radius 1 is 1.54 bits per heavy atom. The molecular formula is C11H14BrN. The van der Waals surface area contributed by atoms with E-state index in [0.717, 1.165) is 17.4 Å². The first kappa shape index (κ1) is 10.5. The number of nitrogens with zero attached hydrogens (tertiary/aromatic N) is 1. The van der Waals surface area contributed by atoms with Crippen molar-refractivity contribution in [3.63, 3.8) is 0 Å². The Kier molecular flexibility index (Phi) is 4.16. The first-order valence-electron chi connectivity index (χ1n) is 4.40. The predicted molar refractivity (Wildman–Crippen MR) is 61.0 cm³/mol.